The Morgan fingerprint density at radius 1 is 1.12 bits per heavy atom. The summed E-state index contributed by atoms with van der Waals surface area (Å²) in [6.45, 7) is 14.8. The molecule has 0 atom stereocenters. The van der Waals surface area contributed by atoms with Crippen LogP contribution in [-0.4, -0.2) is 99.3 Å². The lowest BCUT2D eigenvalue weighted by atomic mass is 9.85. The largest absolute Gasteiger partial charge is 0.447 e. The maximum absolute atomic E-state index is 12.3. The van der Waals surface area contributed by atoms with Crippen LogP contribution in [0.1, 0.15) is 33.6 Å². The Kier molecular flexibility index (Phi) is 8.31. The van der Waals surface area contributed by atoms with E-state index in [0.717, 1.165) is 64.5 Å². The van der Waals surface area contributed by atoms with Crippen molar-refractivity contribution in [1.82, 2.24) is 14.7 Å². The zero-order valence-corrected chi connectivity index (χ0v) is 17.0. The van der Waals surface area contributed by atoms with Gasteiger partial charge in [-0.2, -0.15) is 4.99 Å². The summed E-state index contributed by atoms with van der Waals surface area (Å²) in [6.07, 6.45) is 1.57. The Morgan fingerprint density at radius 2 is 1.77 bits per heavy atom. The van der Waals surface area contributed by atoms with E-state index in [1.807, 2.05) is 0 Å². The Hall–Kier alpha value is -1.18. The maximum atomic E-state index is 12.3. The van der Waals surface area contributed by atoms with Crippen molar-refractivity contribution in [3.8, 4) is 0 Å². The predicted octanol–water partition coefficient (Wildman–Crippen LogP) is 1.93. The number of aliphatic imine (C=N–C) groups is 1. The van der Waals surface area contributed by atoms with Crippen molar-refractivity contribution in [1.29, 1.82) is 0 Å². The number of amides is 1. The van der Waals surface area contributed by atoms with Gasteiger partial charge in [0.15, 0.2) is 0 Å². The number of carbonyl (C=O) groups is 1. The first-order valence-corrected chi connectivity index (χ1v) is 9.92. The Labute approximate surface area is 158 Å². The van der Waals surface area contributed by atoms with Gasteiger partial charge in [0, 0.05) is 51.2 Å². The molecule has 0 bridgehead atoms. The van der Waals surface area contributed by atoms with Crippen molar-refractivity contribution < 1.29 is 14.3 Å². The van der Waals surface area contributed by atoms with E-state index in [-0.39, 0.29) is 5.41 Å². The van der Waals surface area contributed by atoms with Gasteiger partial charge in [-0.15, -0.1) is 0 Å². The lowest BCUT2D eigenvalue weighted by Gasteiger charge is -2.37. The molecule has 2 aliphatic heterocycles. The van der Waals surface area contributed by atoms with Gasteiger partial charge in [0.05, 0.1) is 13.2 Å². The van der Waals surface area contributed by atoms with Crippen LogP contribution in [0.5, 0.6) is 0 Å². The molecule has 7 nitrogen and oxygen atoms in total. The molecule has 7 heteroatoms. The van der Waals surface area contributed by atoms with Gasteiger partial charge in [-0.1, -0.05) is 27.2 Å². The molecular formula is C19H36N4O3. The van der Waals surface area contributed by atoms with Crippen LogP contribution in [0, 0.1) is 5.41 Å². The summed E-state index contributed by atoms with van der Waals surface area (Å²) < 4.78 is 10.9. The van der Waals surface area contributed by atoms with Crippen LogP contribution in [0.25, 0.3) is 0 Å². The fourth-order valence-electron chi connectivity index (χ4n) is 3.61. The fourth-order valence-corrected chi connectivity index (χ4v) is 3.61. The third-order valence-electron chi connectivity index (χ3n) is 5.22. The highest BCUT2D eigenvalue weighted by Gasteiger charge is 2.31. The van der Waals surface area contributed by atoms with E-state index in [0.29, 0.717) is 19.8 Å². The summed E-state index contributed by atoms with van der Waals surface area (Å²) in [5.41, 5.74) is -0.150. The van der Waals surface area contributed by atoms with Crippen LogP contribution in [0.2, 0.25) is 0 Å². The van der Waals surface area contributed by atoms with E-state index in [9.17, 15) is 4.79 Å². The average Bonchev–Trinajstić information content (AvgIpc) is 2.62. The topological polar surface area (TPSA) is 57.6 Å². The zero-order chi connectivity index (χ0) is 19.0. The minimum atomic E-state index is -0.468. The van der Waals surface area contributed by atoms with E-state index in [1.165, 1.54) is 0 Å². The third-order valence-corrected chi connectivity index (χ3v) is 5.22. The van der Waals surface area contributed by atoms with Crippen LogP contribution in [0.4, 0.5) is 4.79 Å². The highest BCUT2D eigenvalue weighted by molar-refractivity contribution is 5.95. The van der Waals surface area contributed by atoms with Crippen molar-refractivity contribution >= 4 is 11.9 Å². The number of amidine groups is 1. The van der Waals surface area contributed by atoms with E-state index < -0.39 is 6.09 Å². The molecule has 0 N–H and O–H groups in total. The molecule has 2 aliphatic rings. The van der Waals surface area contributed by atoms with Gasteiger partial charge in [-0.05, 0) is 13.5 Å². The normalized spacial score (nSPS) is 21.1. The second-order valence-corrected chi connectivity index (χ2v) is 7.93. The number of carbonyl (C=O) groups excluding carboxylic acids is 1. The third kappa shape index (κ3) is 6.52. The van der Waals surface area contributed by atoms with Gasteiger partial charge < -0.3 is 19.3 Å². The monoisotopic (exact) mass is 368 g/mol. The molecule has 1 amide bonds. The van der Waals surface area contributed by atoms with Crippen molar-refractivity contribution in [2.45, 2.75) is 33.6 Å². The van der Waals surface area contributed by atoms with Crippen molar-refractivity contribution in [2.75, 3.05) is 72.7 Å². The number of morpholine rings is 1. The predicted molar refractivity (Wildman–Crippen MR) is 104 cm³/mol. The molecule has 0 radical (unpaired) electrons. The van der Waals surface area contributed by atoms with Gasteiger partial charge in [0.1, 0.15) is 12.4 Å². The quantitative estimate of drug-likeness (QED) is 0.527. The number of hydrogen-bond acceptors (Lipinski definition) is 5. The van der Waals surface area contributed by atoms with E-state index in [1.54, 1.807) is 0 Å². The molecule has 0 aromatic heterocycles. The molecule has 0 aromatic carbocycles. The van der Waals surface area contributed by atoms with Crippen LogP contribution < -0.4 is 0 Å². The van der Waals surface area contributed by atoms with Gasteiger partial charge in [0.25, 0.3) is 0 Å². The second kappa shape index (κ2) is 10.2. The Balaban J connectivity index is 1.90. The molecule has 2 rings (SSSR count). The summed E-state index contributed by atoms with van der Waals surface area (Å²) in [4.78, 5) is 23.6. The van der Waals surface area contributed by atoms with Crippen molar-refractivity contribution in [3.05, 3.63) is 0 Å². The molecule has 0 aliphatic carbocycles. The van der Waals surface area contributed by atoms with Crippen LogP contribution in [0.3, 0.4) is 0 Å². The van der Waals surface area contributed by atoms with Crippen molar-refractivity contribution in [2.24, 2.45) is 10.4 Å². The van der Waals surface area contributed by atoms with Crippen molar-refractivity contribution in [3.63, 3.8) is 0 Å². The summed E-state index contributed by atoms with van der Waals surface area (Å²) >= 11 is 0. The first-order chi connectivity index (χ1) is 12.4. The summed E-state index contributed by atoms with van der Waals surface area (Å²) in [5.74, 6) is 0.840. The van der Waals surface area contributed by atoms with Gasteiger partial charge in [-0.3, -0.25) is 4.90 Å². The first-order valence-electron chi connectivity index (χ1n) is 9.92. The molecular weight excluding hydrogens is 332 g/mol. The highest BCUT2D eigenvalue weighted by atomic mass is 16.5. The second-order valence-electron chi connectivity index (χ2n) is 7.93. The van der Waals surface area contributed by atoms with Crippen LogP contribution in [-0.2, 0) is 9.47 Å². The molecule has 0 saturated carbocycles. The standard InChI is InChI=1S/C19H36N4O3/c1-5-6-19(2,3)17(23-12-14-25-15-13-23)20-18(24)26-16-11-22-9-7-21(4)8-10-22/h5-16H2,1-4H3/b20-17-. The molecule has 2 heterocycles. The number of hydrogen-bond donors (Lipinski definition) is 0. The van der Waals surface area contributed by atoms with E-state index in [4.69, 9.17) is 9.47 Å². The lowest BCUT2D eigenvalue weighted by molar-refractivity contribution is 0.0633. The van der Waals surface area contributed by atoms with Crippen LogP contribution >= 0.6 is 0 Å². The molecule has 0 spiro atoms. The summed E-state index contributed by atoms with van der Waals surface area (Å²) in [5, 5.41) is 0. The fraction of sp³-hybridized carbons (Fsp3) is 0.895. The number of ether oxygens (including phenoxy) is 2. The molecule has 26 heavy (non-hydrogen) atoms. The summed E-state index contributed by atoms with van der Waals surface area (Å²) in [7, 11) is 2.14. The first kappa shape index (κ1) is 21.1. The smallest absolute Gasteiger partial charge is 0.435 e. The summed E-state index contributed by atoms with van der Waals surface area (Å²) in [6, 6.07) is 0. The number of likely N-dealkylation sites (N-methyl/N-ethyl adjacent to an activating group) is 1. The molecule has 2 fully saturated rings. The Bertz CT molecular complexity index is 467. The van der Waals surface area contributed by atoms with Gasteiger partial charge >= 0.3 is 6.09 Å². The van der Waals surface area contributed by atoms with Gasteiger partial charge in [-0.25, -0.2) is 4.79 Å². The average molecular weight is 369 g/mol. The number of piperazine rings is 1. The minimum Gasteiger partial charge on any atom is -0.447 e. The SMILES string of the molecule is CCCC(C)(C)/C(=N/C(=O)OCCN1CCN(C)CC1)N1CCOCC1. The molecule has 2 saturated heterocycles. The minimum absolute atomic E-state index is 0.150. The van der Waals surface area contributed by atoms with E-state index in [2.05, 4.69) is 47.5 Å². The molecule has 150 valence electrons. The number of nitrogens with zero attached hydrogens (tertiary/aromatic N) is 4. The van der Waals surface area contributed by atoms with Crippen LogP contribution in [0.15, 0.2) is 4.99 Å². The molecule has 0 aromatic rings. The maximum Gasteiger partial charge on any atom is 0.435 e. The van der Waals surface area contributed by atoms with Gasteiger partial charge in [0.2, 0.25) is 0 Å². The Morgan fingerprint density at radius 3 is 2.38 bits per heavy atom. The zero-order valence-electron chi connectivity index (χ0n) is 17.0. The van der Waals surface area contributed by atoms with E-state index >= 15 is 0 Å². The number of rotatable bonds is 6. The molecule has 0 unspecified atom stereocenters. The highest BCUT2D eigenvalue weighted by Crippen LogP contribution is 2.27. The lowest BCUT2D eigenvalue weighted by Crippen LogP contribution is -2.47.